The Morgan fingerprint density at radius 1 is 1.32 bits per heavy atom. The largest absolute Gasteiger partial charge is 0.493 e. The molecule has 0 aliphatic rings. The molecule has 0 N–H and O–H groups in total. The summed E-state index contributed by atoms with van der Waals surface area (Å²) in [6.45, 7) is -0.579. The molecule has 0 bridgehead atoms. The van der Waals surface area contributed by atoms with E-state index in [0.717, 1.165) is 0 Å². The molecule has 0 saturated heterocycles. The van der Waals surface area contributed by atoms with Crippen molar-refractivity contribution >= 4 is 23.3 Å². The highest BCUT2D eigenvalue weighted by Gasteiger charge is 2.19. The van der Waals surface area contributed by atoms with Gasteiger partial charge >= 0.3 is 11.7 Å². The molecule has 2 aromatic rings. The van der Waals surface area contributed by atoms with Crippen LogP contribution in [0.4, 0.5) is 5.69 Å². The quantitative estimate of drug-likeness (QED) is 0.336. The number of hydrogen-bond acceptors (Lipinski definition) is 7. The predicted octanol–water partition coefficient (Wildman–Crippen LogP) is 3.11. The number of carbonyl (C=O) groups excluding carboxylic acids is 1. The smallest absolute Gasteiger partial charge is 0.349 e. The summed E-state index contributed by atoms with van der Waals surface area (Å²) < 4.78 is 15.3. The van der Waals surface area contributed by atoms with Crippen LogP contribution in [0.5, 0.6) is 17.2 Å². The summed E-state index contributed by atoms with van der Waals surface area (Å²) in [5.74, 6) is -0.882. The molecule has 0 atom stereocenters. The van der Waals surface area contributed by atoms with Gasteiger partial charge in [0.25, 0.3) is 0 Å². The van der Waals surface area contributed by atoms with Crippen molar-refractivity contribution in [3.63, 3.8) is 0 Å². The number of rotatable bonds is 6. The zero-order valence-corrected chi connectivity index (χ0v) is 13.6. The molecule has 0 aliphatic carbocycles. The number of nitro benzene ring substituents is 1. The van der Waals surface area contributed by atoms with Crippen molar-refractivity contribution in [1.82, 2.24) is 0 Å². The maximum Gasteiger partial charge on any atom is 0.349 e. The van der Waals surface area contributed by atoms with E-state index >= 15 is 0 Å². The maximum absolute atomic E-state index is 11.9. The van der Waals surface area contributed by atoms with Crippen LogP contribution in [0.25, 0.3) is 0 Å². The fraction of sp³-hybridized carbons (Fsp3) is 0.125. The fourth-order valence-corrected chi connectivity index (χ4v) is 2.14. The second kappa shape index (κ2) is 7.99. The van der Waals surface area contributed by atoms with E-state index in [4.69, 9.17) is 31.1 Å². The van der Waals surface area contributed by atoms with Gasteiger partial charge in [-0.1, -0.05) is 23.7 Å². The molecule has 0 spiro atoms. The maximum atomic E-state index is 11.9. The number of nitriles is 1. The van der Waals surface area contributed by atoms with Crippen molar-refractivity contribution in [2.75, 3.05) is 13.7 Å². The normalized spacial score (nSPS) is 9.80. The molecule has 8 nitrogen and oxygen atoms in total. The first-order valence-corrected chi connectivity index (χ1v) is 7.18. The van der Waals surface area contributed by atoms with E-state index in [-0.39, 0.29) is 33.5 Å². The lowest BCUT2D eigenvalue weighted by Gasteiger charge is -2.12. The average Bonchev–Trinajstić information content (AvgIpc) is 2.61. The molecule has 2 aromatic carbocycles. The number of para-hydroxylation sites is 2. The van der Waals surface area contributed by atoms with Crippen molar-refractivity contribution in [2.45, 2.75) is 0 Å². The lowest BCUT2D eigenvalue weighted by Crippen LogP contribution is -2.18. The minimum absolute atomic E-state index is 0.00921. The summed E-state index contributed by atoms with van der Waals surface area (Å²) in [6.07, 6.45) is 0. The molecule has 9 heteroatoms. The number of ether oxygens (including phenoxy) is 3. The highest BCUT2D eigenvalue weighted by Crippen LogP contribution is 2.36. The van der Waals surface area contributed by atoms with Gasteiger partial charge in [0.15, 0.2) is 23.9 Å². The van der Waals surface area contributed by atoms with Crippen LogP contribution < -0.4 is 14.2 Å². The van der Waals surface area contributed by atoms with Gasteiger partial charge in [-0.3, -0.25) is 10.1 Å². The summed E-state index contributed by atoms with van der Waals surface area (Å²) in [6, 6.07) is 10.2. The molecule has 0 aliphatic heterocycles. The van der Waals surface area contributed by atoms with E-state index in [1.54, 1.807) is 0 Å². The van der Waals surface area contributed by atoms with Gasteiger partial charge in [-0.05, 0) is 12.1 Å². The highest BCUT2D eigenvalue weighted by atomic mass is 35.5. The number of carbonyl (C=O) groups is 1. The van der Waals surface area contributed by atoms with E-state index in [2.05, 4.69) is 0 Å². The molecule has 2 rings (SSSR count). The minimum Gasteiger partial charge on any atom is -0.493 e. The number of nitro groups is 1. The van der Waals surface area contributed by atoms with Gasteiger partial charge < -0.3 is 14.2 Å². The van der Waals surface area contributed by atoms with Crippen molar-refractivity contribution < 1.29 is 23.9 Å². The molecular weight excluding hydrogens is 352 g/mol. The predicted molar refractivity (Wildman–Crippen MR) is 86.9 cm³/mol. The van der Waals surface area contributed by atoms with E-state index in [1.165, 1.54) is 43.5 Å². The van der Waals surface area contributed by atoms with E-state index in [0.29, 0.717) is 0 Å². The molecule has 0 amide bonds. The Morgan fingerprint density at radius 3 is 2.68 bits per heavy atom. The van der Waals surface area contributed by atoms with Gasteiger partial charge in [0.1, 0.15) is 0 Å². The molecule has 128 valence electrons. The van der Waals surface area contributed by atoms with Gasteiger partial charge in [-0.2, -0.15) is 5.26 Å². The minimum atomic E-state index is -0.844. The Balaban J connectivity index is 2.12. The van der Waals surface area contributed by atoms with Gasteiger partial charge in [0, 0.05) is 12.1 Å². The Labute approximate surface area is 147 Å². The third-order valence-corrected chi connectivity index (χ3v) is 3.26. The van der Waals surface area contributed by atoms with Crippen molar-refractivity contribution in [1.29, 1.82) is 5.26 Å². The fourth-order valence-electron chi connectivity index (χ4n) is 1.89. The average molecular weight is 363 g/mol. The topological polar surface area (TPSA) is 112 Å². The lowest BCUT2D eigenvalue weighted by atomic mass is 10.2. The SMILES string of the molecule is COc1cc(C#N)cc(Cl)c1OC(=O)COc1ccccc1[N+](=O)[O-]. The summed E-state index contributed by atoms with van der Waals surface area (Å²) in [5, 5.41) is 19.8. The second-order valence-corrected chi connectivity index (χ2v) is 5.00. The molecule has 0 aromatic heterocycles. The molecule has 0 unspecified atom stereocenters. The number of methoxy groups -OCH3 is 1. The van der Waals surface area contributed by atoms with Crippen LogP contribution in [0, 0.1) is 21.4 Å². The number of hydrogen-bond donors (Lipinski definition) is 0. The summed E-state index contributed by atoms with van der Waals surface area (Å²) in [5.41, 5.74) is -0.0397. The standard InChI is InChI=1S/C16H11ClN2O6/c1-23-14-7-10(8-18)6-11(17)16(14)25-15(20)9-24-13-5-3-2-4-12(13)19(21)22/h2-7H,9H2,1H3. The second-order valence-electron chi connectivity index (χ2n) is 4.59. The van der Waals surface area contributed by atoms with Crippen LogP contribution in [0.3, 0.4) is 0 Å². The number of halogens is 1. The summed E-state index contributed by atoms with van der Waals surface area (Å²) >= 11 is 5.98. The van der Waals surface area contributed by atoms with Gasteiger partial charge in [0.2, 0.25) is 0 Å². The Bertz CT molecular complexity index is 862. The van der Waals surface area contributed by atoms with E-state index in [1.807, 2.05) is 6.07 Å². The molecule has 0 radical (unpaired) electrons. The van der Waals surface area contributed by atoms with E-state index in [9.17, 15) is 14.9 Å². The lowest BCUT2D eigenvalue weighted by molar-refractivity contribution is -0.385. The van der Waals surface area contributed by atoms with Crippen LogP contribution in [0.1, 0.15) is 5.56 Å². The zero-order chi connectivity index (χ0) is 18.4. The Morgan fingerprint density at radius 2 is 2.04 bits per heavy atom. The first-order chi connectivity index (χ1) is 12.0. The highest BCUT2D eigenvalue weighted by molar-refractivity contribution is 6.32. The molecule has 0 saturated carbocycles. The third kappa shape index (κ3) is 4.37. The van der Waals surface area contributed by atoms with Crippen LogP contribution in [0.15, 0.2) is 36.4 Å². The number of benzene rings is 2. The van der Waals surface area contributed by atoms with E-state index < -0.39 is 17.5 Å². The van der Waals surface area contributed by atoms with Crippen LogP contribution in [-0.4, -0.2) is 24.6 Å². The van der Waals surface area contributed by atoms with Gasteiger partial charge in [0.05, 0.1) is 28.7 Å². The van der Waals surface area contributed by atoms with Gasteiger partial charge in [-0.15, -0.1) is 0 Å². The summed E-state index contributed by atoms with van der Waals surface area (Å²) in [4.78, 5) is 22.2. The monoisotopic (exact) mass is 362 g/mol. The molecule has 0 fully saturated rings. The number of esters is 1. The van der Waals surface area contributed by atoms with Gasteiger partial charge in [-0.25, -0.2) is 4.79 Å². The summed E-state index contributed by atoms with van der Waals surface area (Å²) in [7, 11) is 1.33. The molecular formula is C16H11ClN2O6. The van der Waals surface area contributed by atoms with Crippen LogP contribution in [0.2, 0.25) is 5.02 Å². The molecule has 25 heavy (non-hydrogen) atoms. The Kier molecular flexibility index (Phi) is 5.76. The number of nitrogens with zero attached hydrogens (tertiary/aromatic N) is 2. The van der Waals surface area contributed by atoms with Crippen molar-refractivity contribution in [3.8, 4) is 23.3 Å². The zero-order valence-electron chi connectivity index (χ0n) is 12.9. The first kappa shape index (κ1) is 18.0. The van der Waals surface area contributed by atoms with Crippen molar-refractivity contribution in [3.05, 3.63) is 57.1 Å². The Hall–Kier alpha value is -3.31. The third-order valence-electron chi connectivity index (χ3n) is 2.98. The first-order valence-electron chi connectivity index (χ1n) is 6.80. The van der Waals surface area contributed by atoms with Crippen LogP contribution >= 0.6 is 11.6 Å². The molecule has 0 heterocycles. The van der Waals surface area contributed by atoms with Crippen LogP contribution in [-0.2, 0) is 4.79 Å². The van der Waals surface area contributed by atoms with Crippen molar-refractivity contribution in [2.24, 2.45) is 0 Å².